The van der Waals surface area contributed by atoms with E-state index >= 15 is 0 Å². The number of carbonyl (C=O) groups is 1. The van der Waals surface area contributed by atoms with Gasteiger partial charge in [0.05, 0.1) is 13.2 Å². The summed E-state index contributed by atoms with van der Waals surface area (Å²) in [6.07, 6.45) is -0.0813. The summed E-state index contributed by atoms with van der Waals surface area (Å²) in [6.45, 7) is 5.62. The van der Waals surface area contributed by atoms with Gasteiger partial charge in [-0.1, -0.05) is 19.1 Å². The first-order chi connectivity index (χ1) is 13.2. The van der Waals surface area contributed by atoms with Crippen LogP contribution in [0.15, 0.2) is 48.5 Å². The van der Waals surface area contributed by atoms with Gasteiger partial charge in [-0.15, -0.1) is 0 Å². The molecule has 6 heteroatoms. The van der Waals surface area contributed by atoms with Crippen molar-refractivity contribution in [2.75, 3.05) is 31.2 Å². The second kappa shape index (κ2) is 9.37. The van der Waals surface area contributed by atoms with Crippen LogP contribution in [0.4, 0.5) is 10.1 Å². The number of rotatable bonds is 7. The van der Waals surface area contributed by atoms with Gasteiger partial charge in [-0.25, -0.2) is 4.39 Å². The number of nitrogens with zero attached hydrogens (tertiary/aromatic N) is 1. The second-order valence-corrected chi connectivity index (χ2v) is 6.45. The molecule has 144 valence electrons. The third-order valence-electron chi connectivity index (χ3n) is 4.53. The van der Waals surface area contributed by atoms with E-state index in [0.717, 1.165) is 31.9 Å². The maximum absolute atomic E-state index is 13.0. The van der Waals surface area contributed by atoms with Gasteiger partial charge in [-0.05, 0) is 48.4 Å². The molecule has 1 heterocycles. The smallest absolute Gasteiger partial charge is 0.261 e. The lowest BCUT2D eigenvalue weighted by atomic mass is 10.1. The van der Waals surface area contributed by atoms with E-state index in [1.807, 2.05) is 19.1 Å². The quantitative estimate of drug-likeness (QED) is 0.811. The van der Waals surface area contributed by atoms with E-state index in [1.54, 1.807) is 0 Å². The maximum Gasteiger partial charge on any atom is 0.261 e. The number of halogens is 1. The van der Waals surface area contributed by atoms with Crippen LogP contribution in [0.1, 0.15) is 18.9 Å². The molecule has 3 rings (SSSR count). The van der Waals surface area contributed by atoms with Crippen molar-refractivity contribution in [2.24, 2.45) is 0 Å². The summed E-state index contributed by atoms with van der Waals surface area (Å²) in [5, 5.41) is 2.91. The monoisotopic (exact) mass is 372 g/mol. The molecule has 0 aliphatic carbocycles. The third-order valence-corrected chi connectivity index (χ3v) is 4.53. The van der Waals surface area contributed by atoms with Crippen LogP contribution in [0.5, 0.6) is 5.75 Å². The zero-order chi connectivity index (χ0) is 19.1. The highest BCUT2D eigenvalue weighted by atomic mass is 19.1. The van der Waals surface area contributed by atoms with Gasteiger partial charge < -0.3 is 19.7 Å². The minimum Gasteiger partial charge on any atom is -0.481 e. The van der Waals surface area contributed by atoms with Gasteiger partial charge in [-0.3, -0.25) is 4.79 Å². The lowest BCUT2D eigenvalue weighted by molar-refractivity contribution is -0.128. The van der Waals surface area contributed by atoms with Crippen LogP contribution in [-0.2, 0) is 16.1 Å². The summed E-state index contributed by atoms with van der Waals surface area (Å²) in [6, 6.07) is 13.9. The summed E-state index contributed by atoms with van der Waals surface area (Å²) < 4.78 is 24.0. The van der Waals surface area contributed by atoms with Crippen molar-refractivity contribution in [3.8, 4) is 5.75 Å². The first-order valence-corrected chi connectivity index (χ1v) is 9.27. The van der Waals surface area contributed by atoms with Crippen molar-refractivity contribution in [1.29, 1.82) is 0 Å². The Hall–Kier alpha value is -2.60. The summed E-state index contributed by atoms with van der Waals surface area (Å²) in [5.41, 5.74) is 2.19. The zero-order valence-corrected chi connectivity index (χ0v) is 15.5. The molecule has 1 aliphatic rings. The van der Waals surface area contributed by atoms with Crippen molar-refractivity contribution in [3.63, 3.8) is 0 Å². The fourth-order valence-corrected chi connectivity index (χ4v) is 2.95. The van der Waals surface area contributed by atoms with Crippen LogP contribution in [-0.4, -0.2) is 38.3 Å². The number of amides is 1. The molecule has 5 nitrogen and oxygen atoms in total. The minimum atomic E-state index is -0.608. The molecule has 0 spiro atoms. The topological polar surface area (TPSA) is 50.8 Å². The normalized spacial score (nSPS) is 15.3. The number of ether oxygens (including phenoxy) is 2. The SMILES string of the molecule is CC[C@@H](Oc1ccc(F)cc1)C(=O)NCc1ccc(N2CCOCC2)cc1. The van der Waals surface area contributed by atoms with E-state index in [9.17, 15) is 9.18 Å². The number of benzene rings is 2. The fraction of sp³-hybridized carbons (Fsp3) is 0.381. The molecule has 1 aliphatic heterocycles. The molecule has 0 aromatic heterocycles. The Balaban J connectivity index is 1.51. The van der Waals surface area contributed by atoms with Gasteiger partial charge in [0, 0.05) is 25.3 Å². The molecule has 0 bridgehead atoms. The van der Waals surface area contributed by atoms with Gasteiger partial charge >= 0.3 is 0 Å². The van der Waals surface area contributed by atoms with Crippen molar-refractivity contribution >= 4 is 11.6 Å². The number of morpholine rings is 1. The number of hydrogen-bond donors (Lipinski definition) is 1. The largest absolute Gasteiger partial charge is 0.481 e. The summed E-state index contributed by atoms with van der Waals surface area (Å²) in [5.74, 6) is -0.0345. The van der Waals surface area contributed by atoms with E-state index in [0.29, 0.717) is 18.7 Å². The predicted octanol–water partition coefficient (Wildman–Crippen LogP) is 3.14. The number of carbonyl (C=O) groups excluding carboxylic acids is 1. The summed E-state index contributed by atoms with van der Waals surface area (Å²) in [7, 11) is 0. The van der Waals surface area contributed by atoms with E-state index in [2.05, 4.69) is 22.3 Å². The Kier molecular flexibility index (Phi) is 6.65. The molecule has 27 heavy (non-hydrogen) atoms. The molecule has 0 saturated carbocycles. The number of hydrogen-bond acceptors (Lipinski definition) is 4. The van der Waals surface area contributed by atoms with Gasteiger partial charge in [0.15, 0.2) is 6.10 Å². The lowest BCUT2D eigenvalue weighted by Gasteiger charge is -2.29. The second-order valence-electron chi connectivity index (χ2n) is 6.45. The van der Waals surface area contributed by atoms with Crippen molar-refractivity contribution < 1.29 is 18.7 Å². The molecule has 1 saturated heterocycles. The van der Waals surface area contributed by atoms with Crippen LogP contribution in [0, 0.1) is 5.82 Å². The molecule has 1 N–H and O–H groups in total. The minimum absolute atomic E-state index is 0.181. The van der Waals surface area contributed by atoms with Crippen LogP contribution < -0.4 is 15.0 Å². The molecule has 0 unspecified atom stereocenters. The standard InChI is InChI=1S/C21H25FN2O3/c1-2-20(27-19-9-5-17(22)6-10-19)21(25)23-15-16-3-7-18(8-4-16)24-11-13-26-14-12-24/h3-10,20H,2,11-15H2,1H3,(H,23,25)/t20-/m1/s1. The summed E-state index contributed by atoms with van der Waals surface area (Å²) >= 11 is 0. The Bertz CT molecular complexity index is 728. The van der Waals surface area contributed by atoms with Crippen LogP contribution in [0.3, 0.4) is 0 Å². The molecule has 2 aromatic carbocycles. The van der Waals surface area contributed by atoms with Gasteiger partial charge in [-0.2, -0.15) is 0 Å². The molecule has 1 atom stereocenters. The first kappa shape index (κ1) is 19.2. The Labute approximate surface area is 159 Å². The fourth-order valence-electron chi connectivity index (χ4n) is 2.95. The third kappa shape index (κ3) is 5.44. The number of nitrogens with one attached hydrogen (secondary N) is 1. The molecule has 1 fully saturated rings. The lowest BCUT2D eigenvalue weighted by Crippen LogP contribution is -2.37. The average molecular weight is 372 g/mol. The van der Waals surface area contributed by atoms with Gasteiger partial charge in [0.2, 0.25) is 0 Å². The molecule has 1 amide bonds. The molecular formula is C21H25FN2O3. The molecule has 0 radical (unpaired) electrons. The van der Waals surface area contributed by atoms with Gasteiger partial charge in [0.1, 0.15) is 11.6 Å². The van der Waals surface area contributed by atoms with Crippen molar-refractivity contribution in [3.05, 3.63) is 59.9 Å². The Morgan fingerprint density at radius 2 is 1.81 bits per heavy atom. The average Bonchev–Trinajstić information content (AvgIpc) is 2.72. The van der Waals surface area contributed by atoms with Crippen molar-refractivity contribution in [1.82, 2.24) is 5.32 Å². The highest BCUT2D eigenvalue weighted by Crippen LogP contribution is 2.17. The zero-order valence-electron chi connectivity index (χ0n) is 15.5. The van der Waals surface area contributed by atoms with Crippen molar-refractivity contribution in [2.45, 2.75) is 26.0 Å². The highest BCUT2D eigenvalue weighted by Gasteiger charge is 2.18. The molecular weight excluding hydrogens is 347 g/mol. The van der Waals surface area contributed by atoms with E-state index in [1.165, 1.54) is 30.0 Å². The van der Waals surface area contributed by atoms with E-state index in [4.69, 9.17) is 9.47 Å². The Morgan fingerprint density at radius 3 is 2.44 bits per heavy atom. The highest BCUT2D eigenvalue weighted by molar-refractivity contribution is 5.81. The van der Waals surface area contributed by atoms with E-state index < -0.39 is 6.10 Å². The Morgan fingerprint density at radius 1 is 1.15 bits per heavy atom. The van der Waals surface area contributed by atoms with Crippen LogP contribution in [0.2, 0.25) is 0 Å². The predicted molar refractivity (Wildman–Crippen MR) is 102 cm³/mol. The van der Waals surface area contributed by atoms with E-state index in [-0.39, 0.29) is 11.7 Å². The van der Waals surface area contributed by atoms with Crippen LogP contribution >= 0.6 is 0 Å². The molecule has 2 aromatic rings. The van der Waals surface area contributed by atoms with Crippen LogP contribution in [0.25, 0.3) is 0 Å². The summed E-state index contributed by atoms with van der Waals surface area (Å²) in [4.78, 5) is 14.7. The number of anilines is 1. The van der Waals surface area contributed by atoms with Gasteiger partial charge in [0.25, 0.3) is 5.91 Å². The maximum atomic E-state index is 13.0. The first-order valence-electron chi connectivity index (χ1n) is 9.27.